The second-order valence-corrected chi connectivity index (χ2v) is 6.43. The van der Waals surface area contributed by atoms with Crippen molar-refractivity contribution >= 4 is 23.5 Å². The first-order valence-corrected chi connectivity index (χ1v) is 8.14. The van der Waals surface area contributed by atoms with E-state index in [4.69, 9.17) is 5.11 Å². The lowest BCUT2D eigenvalue weighted by Gasteiger charge is -2.35. The van der Waals surface area contributed by atoms with Crippen LogP contribution < -0.4 is 5.32 Å². The van der Waals surface area contributed by atoms with E-state index < -0.39 is 17.4 Å². The quantitative estimate of drug-likeness (QED) is 0.780. The van der Waals surface area contributed by atoms with Crippen LogP contribution >= 0.6 is 0 Å². The van der Waals surface area contributed by atoms with Gasteiger partial charge in [-0.2, -0.15) is 0 Å². The summed E-state index contributed by atoms with van der Waals surface area (Å²) in [6, 6.07) is 6.42. The van der Waals surface area contributed by atoms with Gasteiger partial charge in [0, 0.05) is 12.1 Å². The molecule has 1 aliphatic rings. The molecule has 1 aromatic carbocycles. The van der Waals surface area contributed by atoms with Crippen LogP contribution in [0.4, 0.5) is 5.69 Å². The number of carboxylic acids is 1. The lowest BCUT2D eigenvalue weighted by atomic mass is 9.69. The molecule has 1 amide bonds. The molecule has 0 aliphatic heterocycles. The maximum absolute atomic E-state index is 12.3. The minimum absolute atomic E-state index is 0.0295. The number of amides is 1. The molecule has 0 bridgehead atoms. The fourth-order valence-electron chi connectivity index (χ4n) is 3.39. The van der Waals surface area contributed by atoms with Crippen molar-refractivity contribution in [1.29, 1.82) is 0 Å². The molecule has 24 heavy (non-hydrogen) atoms. The molecule has 0 radical (unpaired) electrons. The van der Waals surface area contributed by atoms with Crippen LogP contribution in [0.5, 0.6) is 0 Å². The van der Waals surface area contributed by atoms with Crippen LogP contribution in [0.1, 0.15) is 55.3 Å². The van der Waals surface area contributed by atoms with Gasteiger partial charge in [0.1, 0.15) is 0 Å². The third-order valence-electron chi connectivity index (χ3n) is 4.57. The van der Waals surface area contributed by atoms with Crippen LogP contribution in [0.2, 0.25) is 0 Å². The third-order valence-corrected chi connectivity index (χ3v) is 4.57. The second-order valence-electron chi connectivity index (χ2n) is 6.43. The Morgan fingerprint density at radius 1 is 1.08 bits per heavy atom. The van der Waals surface area contributed by atoms with Crippen molar-refractivity contribution in [3.8, 4) is 0 Å². The van der Waals surface area contributed by atoms with E-state index >= 15 is 0 Å². The molecule has 2 N–H and O–H groups in total. The largest absolute Gasteiger partial charge is 0.481 e. The average Bonchev–Trinajstić information content (AvgIpc) is 2.54. The summed E-state index contributed by atoms with van der Waals surface area (Å²) in [5.74, 6) is -1.48. The van der Waals surface area contributed by atoms with Crippen LogP contribution in [0.3, 0.4) is 0 Å². The highest BCUT2D eigenvalue weighted by Gasteiger charge is 2.36. The summed E-state index contributed by atoms with van der Waals surface area (Å²) in [7, 11) is 1.31. The molecule has 1 fully saturated rings. The van der Waals surface area contributed by atoms with E-state index in [9.17, 15) is 14.4 Å². The minimum Gasteiger partial charge on any atom is -0.481 e. The van der Waals surface area contributed by atoms with E-state index in [1.54, 1.807) is 24.3 Å². The summed E-state index contributed by atoms with van der Waals surface area (Å²) in [5.41, 5.74) is 0.541. The highest BCUT2D eigenvalue weighted by molar-refractivity contribution is 5.93. The van der Waals surface area contributed by atoms with Crippen molar-refractivity contribution in [3.05, 3.63) is 29.8 Å². The van der Waals surface area contributed by atoms with Crippen LogP contribution in [-0.2, 0) is 14.3 Å². The Labute approximate surface area is 141 Å². The third kappa shape index (κ3) is 4.81. The Kier molecular flexibility index (Phi) is 5.95. The lowest BCUT2D eigenvalue weighted by Crippen LogP contribution is -2.32. The molecule has 6 heteroatoms. The Morgan fingerprint density at radius 2 is 1.71 bits per heavy atom. The lowest BCUT2D eigenvalue weighted by molar-refractivity contribution is -0.140. The van der Waals surface area contributed by atoms with Gasteiger partial charge in [0.05, 0.1) is 19.1 Å². The van der Waals surface area contributed by atoms with Gasteiger partial charge in [-0.25, -0.2) is 4.79 Å². The number of hydrogen-bond donors (Lipinski definition) is 2. The molecule has 0 spiro atoms. The van der Waals surface area contributed by atoms with Crippen LogP contribution in [0, 0.1) is 5.41 Å². The number of nitrogens with one attached hydrogen (secondary N) is 1. The van der Waals surface area contributed by atoms with Crippen molar-refractivity contribution in [2.24, 2.45) is 5.41 Å². The Bertz CT molecular complexity index is 602. The molecule has 0 aromatic heterocycles. The van der Waals surface area contributed by atoms with Crippen molar-refractivity contribution in [1.82, 2.24) is 0 Å². The second kappa shape index (κ2) is 7.95. The summed E-state index contributed by atoms with van der Waals surface area (Å²) in [5, 5.41) is 12.0. The predicted molar refractivity (Wildman–Crippen MR) is 88.8 cm³/mol. The number of ether oxygens (including phenoxy) is 1. The number of carbonyl (C=O) groups excluding carboxylic acids is 2. The van der Waals surface area contributed by atoms with E-state index in [0.717, 1.165) is 32.1 Å². The topological polar surface area (TPSA) is 92.7 Å². The molecule has 0 saturated heterocycles. The van der Waals surface area contributed by atoms with Crippen LogP contribution in [-0.4, -0.2) is 30.1 Å². The number of carboxylic acid groups (broad SMARTS) is 1. The van der Waals surface area contributed by atoms with Gasteiger partial charge < -0.3 is 15.2 Å². The summed E-state index contributed by atoms with van der Waals surface area (Å²) in [6.07, 6.45) is 4.81. The standard InChI is InChI=1S/C18H23NO5/c1-24-17(23)13-5-7-14(8-6-13)19-15(20)11-18(12-16(21)22)9-3-2-4-10-18/h5-8H,2-4,9-12H2,1H3,(H,19,20)(H,21,22). The van der Waals surface area contributed by atoms with Gasteiger partial charge in [0.15, 0.2) is 0 Å². The number of methoxy groups -OCH3 is 1. The monoisotopic (exact) mass is 333 g/mol. The Morgan fingerprint density at radius 3 is 2.25 bits per heavy atom. The van der Waals surface area contributed by atoms with Gasteiger partial charge in [0.2, 0.25) is 5.91 Å². The molecule has 2 rings (SSSR count). The summed E-state index contributed by atoms with van der Waals surface area (Å²) < 4.78 is 4.63. The number of anilines is 1. The highest BCUT2D eigenvalue weighted by Crippen LogP contribution is 2.42. The number of esters is 1. The van der Waals surface area contributed by atoms with E-state index in [0.29, 0.717) is 11.3 Å². The predicted octanol–water partition coefficient (Wildman–Crippen LogP) is 3.23. The van der Waals surface area contributed by atoms with Crippen molar-refractivity contribution in [3.63, 3.8) is 0 Å². The molecule has 1 aliphatic carbocycles. The van der Waals surface area contributed by atoms with Crippen molar-refractivity contribution in [2.45, 2.75) is 44.9 Å². The fraction of sp³-hybridized carbons (Fsp3) is 0.500. The molecule has 0 unspecified atom stereocenters. The van der Waals surface area contributed by atoms with Gasteiger partial charge in [-0.15, -0.1) is 0 Å². The minimum atomic E-state index is -0.855. The highest BCUT2D eigenvalue weighted by atomic mass is 16.5. The number of hydrogen-bond acceptors (Lipinski definition) is 4. The number of aliphatic carboxylic acids is 1. The normalized spacial score (nSPS) is 16.2. The maximum Gasteiger partial charge on any atom is 0.337 e. The number of carbonyl (C=O) groups is 3. The summed E-state index contributed by atoms with van der Waals surface area (Å²) in [4.78, 5) is 34.9. The maximum atomic E-state index is 12.3. The Hall–Kier alpha value is -2.37. The molecule has 0 heterocycles. The van der Waals surface area contributed by atoms with E-state index in [1.807, 2.05) is 0 Å². The Balaban J connectivity index is 2.00. The van der Waals surface area contributed by atoms with Gasteiger partial charge in [-0.05, 0) is 42.5 Å². The fourth-order valence-corrected chi connectivity index (χ4v) is 3.39. The van der Waals surface area contributed by atoms with Gasteiger partial charge in [-0.3, -0.25) is 9.59 Å². The van der Waals surface area contributed by atoms with Crippen LogP contribution in [0.15, 0.2) is 24.3 Å². The molecule has 1 aromatic rings. The summed E-state index contributed by atoms with van der Waals surface area (Å²) in [6.45, 7) is 0. The zero-order valence-corrected chi connectivity index (χ0v) is 13.8. The van der Waals surface area contributed by atoms with Gasteiger partial charge in [-0.1, -0.05) is 19.3 Å². The summed E-state index contributed by atoms with van der Waals surface area (Å²) >= 11 is 0. The van der Waals surface area contributed by atoms with E-state index in [-0.39, 0.29) is 18.7 Å². The smallest absolute Gasteiger partial charge is 0.337 e. The number of benzene rings is 1. The first-order chi connectivity index (χ1) is 11.4. The molecule has 1 saturated carbocycles. The van der Waals surface area contributed by atoms with Crippen LogP contribution in [0.25, 0.3) is 0 Å². The molecular formula is C18H23NO5. The average molecular weight is 333 g/mol. The van der Waals surface area contributed by atoms with Gasteiger partial charge in [0.25, 0.3) is 0 Å². The molecule has 130 valence electrons. The van der Waals surface area contributed by atoms with E-state index in [1.165, 1.54) is 7.11 Å². The number of rotatable bonds is 6. The molecular weight excluding hydrogens is 310 g/mol. The van der Waals surface area contributed by atoms with Crippen molar-refractivity contribution in [2.75, 3.05) is 12.4 Å². The van der Waals surface area contributed by atoms with E-state index in [2.05, 4.69) is 10.1 Å². The first-order valence-electron chi connectivity index (χ1n) is 8.14. The zero-order valence-electron chi connectivity index (χ0n) is 13.8. The zero-order chi connectivity index (χ0) is 17.6. The SMILES string of the molecule is COC(=O)c1ccc(NC(=O)CC2(CC(=O)O)CCCCC2)cc1. The first kappa shape index (κ1) is 18.0. The van der Waals surface area contributed by atoms with Gasteiger partial charge >= 0.3 is 11.9 Å². The molecule has 6 nitrogen and oxygen atoms in total. The molecule has 0 atom stereocenters. The van der Waals surface area contributed by atoms with Crippen molar-refractivity contribution < 1.29 is 24.2 Å².